The number of carbonyl (C=O) groups is 1. The second kappa shape index (κ2) is 17.4. The van der Waals surface area contributed by atoms with Gasteiger partial charge in [-0.15, -0.1) is 0 Å². The summed E-state index contributed by atoms with van der Waals surface area (Å²) >= 11 is 0.940. The molecule has 2 atom stereocenters. The summed E-state index contributed by atoms with van der Waals surface area (Å²) in [6, 6.07) is 25.5. The van der Waals surface area contributed by atoms with Gasteiger partial charge in [0.25, 0.3) is 10.0 Å². The Labute approximate surface area is 351 Å². The minimum absolute atomic E-state index is 0.0661. The van der Waals surface area contributed by atoms with Crippen LogP contribution >= 0.6 is 11.3 Å². The molecule has 0 aliphatic carbocycles. The molecule has 1 amide bonds. The molecule has 308 valence electrons. The lowest BCUT2D eigenvalue weighted by atomic mass is 9.93. The fraction of sp³-hybridized carbons (Fsp3) is 0.244. The highest BCUT2D eigenvalue weighted by atomic mass is 32.2. The molecule has 2 aliphatic heterocycles. The highest BCUT2D eigenvalue weighted by molar-refractivity contribution is 7.91. The van der Waals surface area contributed by atoms with E-state index in [1.54, 1.807) is 24.7 Å². The van der Waals surface area contributed by atoms with Crippen molar-refractivity contribution >= 4 is 32.4 Å². The van der Waals surface area contributed by atoms with E-state index >= 15 is 0 Å². The molecule has 2 aliphatic rings. The van der Waals surface area contributed by atoms with Crippen LogP contribution in [0.3, 0.4) is 0 Å². The molecular weight excluding hydrogens is 803 g/mol. The van der Waals surface area contributed by atoms with Crippen molar-refractivity contribution < 1.29 is 22.0 Å². The van der Waals surface area contributed by atoms with Gasteiger partial charge in [-0.05, 0) is 90.9 Å². The number of nitrogens with one attached hydrogen (secondary N) is 2. The van der Waals surface area contributed by atoms with E-state index < -0.39 is 10.0 Å². The molecular formula is C45H44F2N8O3S2. The molecule has 0 unspecified atom stereocenters. The minimum atomic E-state index is -3.76. The number of carbonyl (C=O) groups excluding carboxylic acids is 1. The monoisotopic (exact) mass is 846 g/mol. The van der Waals surface area contributed by atoms with Crippen LogP contribution in [0.2, 0.25) is 0 Å². The fourth-order valence-electron chi connectivity index (χ4n) is 7.96. The number of sulfonamides is 1. The van der Waals surface area contributed by atoms with Crippen molar-refractivity contribution in [1.29, 1.82) is 0 Å². The Balaban J connectivity index is 0.000000180. The third kappa shape index (κ3) is 8.43. The van der Waals surface area contributed by atoms with Gasteiger partial charge in [-0.2, -0.15) is 4.31 Å². The smallest absolute Gasteiger partial charge is 0.254 e. The summed E-state index contributed by atoms with van der Waals surface area (Å²) in [5.74, 6) is -0.791. The van der Waals surface area contributed by atoms with E-state index in [0.29, 0.717) is 13.0 Å². The topological polar surface area (TPSA) is 127 Å². The lowest BCUT2D eigenvalue weighted by Gasteiger charge is -2.29. The number of halogens is 2. The van der Waals surface area contributed by atoms with E-state index in [4.69, 9.17) is 0 Å². The highest BCUT2D eigenvalue weighted by Gasteiger charge is 2.32. The summed E-state index contributed by atoms with van der Waals surface area (Å²) in [4.78, 5) is 24.1. The number of hydrogen-bond acceptors (Lipinski definition) is 8. The zero-order valence-corrected chi connectivity index (χ0v) is 35.0. The van der Waals surface area contributed by atoms with Crippen LogP contribution < -0.4 is 10.6 Å². The van der Waals surface area contributed by atoms with Gasteiger partial charge in [-0.25, -0.2) is 32.2 Å². The summed E-state index contributed by atoms with van der Waals surface area (Å²) in [7, 11) is -3.76. The average molecular weight is 847 g/mol. The largest absolute Gasteiger partial charge is 0.323 e. The Morgan fingerprint density at radius 2 is 1.32 bits per heavy atom. The van der Waals surface area contributed by atoms with Crippen molar-refractivity contribution in [2.24, 2.45) is 0 Å². The van der Waals surface area contributed by atoms with Gasteiger partial charge in [0.2, 0.25) is 5.91 Å². The van der Waals surface area contributed by atoms with Crippen LogP contribution in [0.1, 0.15) is 66.2 Å². The molecule has 15 heteroatoms. The maximum absolute atomic E-state index is 13.4. The summed E-state index contributed by atoms with van der Waals surface area (Å²) in [5.41, 5.74) is 11.1. The van der Waals surface area contributed by atoms with Gasteiger partial charge in [0.05, 0.1) is 54.7 Å². The maximum Gasteiger partial charge on any atom is 0.254 e. The lowest BCUT2D eigenvalue weighted by molar-refractivity contribution is -0.114. The van der Waals surface area contributed by atoms with Gasteiger partial charge in [-0.3, -0.25) is 4.79 Å². The van der Waals surface area contributed by atoms with Crippen LogP contribution in [0.5, 0.6) is 0 Å². The molecule has 5 heterocycles. The molecule has 9 rings (SSSR count). The number of imidazole rings is 2. The second-order valence-electron chi connectivity index (χ2n) is 14.9. The number of rotatable bonds is 9. The van der Waals surface area contributed by atoms with E-state index in [9.17, 15) is 22.0 Å². The lowest BCUT2D eigenvalue weighted by Crippen LogP contribution is -2.35. The Morgan fingerprint density at radius 1 is 0.767 bits per heavy atom. The Hall–Kier alpha value is -5.87. The maximum atomic E-state index is 13.4. The Kier molecular flexibility index (Phi) is 11.8. The van der Waals surface area contributed by atoms with Gasteiger partial charge in [0, 0.05) is 37.7 Å². The van der Waals surface area contributed by atoms with Crippen molar-refractivity contribution in [1.82, 2.24) is 33.7 Å². The second-order valence-corrected chi connectivity index (χ2v) is 18.1. The molecule has 7 aromatic rings. The number of anilines is 1. The number of aromatic nitrogens is 5. The molecule has 0 saturated heterocycles. The molecule has 0 bridgehead atoms. The molecule has 0 spiro atoms. The van der Waals surface area contributed by atoms with Gasteiger partial charge in [0.1, 0.15) is 11.6 Å². The fourth-order valence-corrected chi connectivity index (χ4v) is 10.6. The normalized spacial score (nSPS) is 14.9. The number of hydrogen-bond donors (Lipinski definition) is 2. The third-order valence-electron chi connectivity index (χ3n) is 11.2. The quantitative estimate of drug-likeness (QED) is 0.150. The van der Waals surface area contributed by atoms with Crippen LogP contribution in [0, 0.1) is 11.6 Å². The summed E-state index contributed by atoms with van der Waals surface area (Å²) < 4.78 is 58.9. The van der Waals surface area contributed by atoms with E-state index in [-0.39, 0.29) is 45.5 Å². The molecule has 0 saturated carbocycles. The van der Waals surface area contributed by atoms with Crippen LogP contribution in [0.25, 0.3) is 22.5 Å². The molecule has 3 aromatic heterocycles. The first kappa shape index (κ1) is 40.9. The van der Waals surface area contributed by atoms with Crippen molar-refractivity contribution in [2.45, 2.75) is 63.0 Å². The number of benzene rings is 4. The van der Waals surface area contributed by atoms with Crippen molar-refractivity contribution in [3.63, 3.8) is 0 Å². The zero-order valence-electron chi connectivity index (χ0n) is 33.3. The van der Waals surface area contributed by atoms with Gasteiger partial charge < -0.3 is 19.8 Å². The average Bonchev–Trinajstić information content (AvgIpc) is 4.06. The minimum Gasteiger partial charge on any atom is -0.323 e. The first-order valence-corrected chi connectivity index (χ1v) is 21.9. The first-order chi connectivity index (χ1) is 29.0. The SMILES string of the molecule is CC(=O)Nc1ncc(S(=O)(=O)N2CCc3c(cccc3-c3cncn3[C@H](C)c3ccc(F)cc3)C2)s1.C[C@H](c1ccc(F)cc1)n1cncc1-c1cccc2c1CCNC2. The molecule has 11 nitrogen and oxygen atoms in total. The van der Waals surface area contributed by atoms with E-state index in [1.165, 1.54) is 58.4 Å². The predicted octanol–water partition coefficient (Wildman–Crippen LogP) is 8.40. The van der Waals surface area contributed by atoms with Crippen LogP contribution in [-0.2, 0) is 40.7 Å². The van der Waals surface area contributed by atoms with Crippen LogP contribution in [0.15, 0.2) is 120 Å². The van der Waals surface area contributed by atoms with Crippen LogP contribution in [0.4, 0.5) is 13.9 Å². The third-order valence-corrected chi connectivity index (χ3v) is 14.4. The van der Waals surface area contributed by atoms with Gasteiger partial charge in [-0.1, -0.05) is 72.0 Å². The molecule has 60 heavy (non-hydrogen) atoms. The highest BCUT2D eigenvalue weighted by Crippen LogP contribution is 2.36. The Morgan fingerprint density at radius 3 is 1.88 bits per heavy atom. The van der Waals surface area contributed by atoms with Crippen molar-refractivity contribution in [2.75, 3.05) is 18.4 Å². The van der Waals surface area contributed by atoms with E-state index in [1.807, 2.05) is 54.3 Å². The van der Waals surface area contributed by atoms with Gasteiger partial charge in [0.15, 0.2) is 9.34 Å². The number of fused-ring (bicyclic) bond motifs is 2. The summed E-state index contributed by atoms with van der Waals surface area (Å²) in [5, 5.41) is 6.20. The predicted molar refractivity (Wildman–Crippen MR) is 229 cm³/mol. The first-order valence-electron chi connectivity index (χ1n) is 19.7. The van der Waals surface area contributed by atoms with Crippen LogP contribution in [-0.4, -0.2) is 55.8 Å². The van der Waals surface area contributed by atoms with E-state index in [2.05, 4.69) is 55.3 Å². The standard InChI is InChI=1S/C25H24FN5O3S2.C20H20FN3/c1-16(18-6-8-20(26)9-7-18)31-15-27-12-23(31)22-5-3-4-19-14-30(11-10-21(19)22)36(33,34)24-13-28-25(35-24)29-17(2)32;1-14(15-5-7-17(21)8-6-15)24-13-23-12-20(24)19-4-2-3-16-11-22-10-9-18(16)19/h3-9,12-13,15-16H,10-11,14H2,1-2H3,(H,28,29,32);2-8,12-14,22H,9-11H2,1H3/t16-;14-/m11/s1. The molecule has 0 radical (unpaired) electrons. The zero-order chi connectivity index (χ0) is 42.0. The molecule has 4 aromatic carbocycles. The van der Waals surface area contributed by atoms with Crippen molar-refractivity contribution in [3.05, 3.63) is 161 Å². The van der Waals surface area contributed by atoms with Gasteiger partial charge >= 0.3 is 0 Å². The number of amides is 1. The Bertz CT molecular complexity index is 2750. The summed E-state index contributed by atoms with van der Waals surface area (Å²) in [6.07, 6.45) is 10.2. The number of nitrogens with zero attached hydrogens (tertiary/aromatic N) is 6. The molecule has 0 fully saturated rings. The van der Waals surface area contributed by atoms with E-state index in [0.717, 1.165) is 70.1 Å². The van der Waals surface area contributed by atoms with Crippen molar-refractivity contribution in [3.8, 4) is 22.5 Å². The molecule has 2 N–H and O–H groups in total. The summed E-state index contributed by atoms with van der Waals surface area (Å²) in [6.45, 7) is 7.99. The number of thiazole rings is 1.